The summed E-state index contributed by atoms with van der Waals surface area (Å²) in [6.45, 7) is 0.597. The van der Waals surface area contributed by atoms with Crippen LogP contribution in [0.3, 0.4) is 0 Å². The van der Waals surface area contributed by atoms with E-state index >= 15 is 0 Å². The summed E-state index contributed by atoms with van der Waals surface area (Å²) >= 11 is -0.187. The number of thioether (sulfide) groups is 1. The zero-order valence-electron chi connectivity index (χ0n) is 14.2. The van der Waals surface area contributed by atoms with Gasteiger partial charge in [0.15, 0.2) is 0 Å². The summed E-state index contributed by atoms with van der Waals surface area (Å²) in [5.41, 5.74) is -2.20. The molecule has 1 atom stereocenters. The molecule has 0 bridgehead atoms. The standard InChI is InChI=1S/C19H16F3N3OS/c20-19(21,22)27-13-9-7-12(8-10-13)18(26)25-11-3-6-16(25)17-23-14-4-1-2-5-15(14)24-17/h1-2,4-5,7-10,16H,3,6,11H2,(H,23,24). The van der Waals surface area contributed by atoms with E-state index in [1.165, 1.54) is 24.3 Å². The van der Waals surface area contributed by atoms with Gasteiger partial charge in [0, 0.05) is 17.0 Å². The minimum Gasteiger partial charge on any atom is -0.340 e. The molecule has 1 aliphatic rings. The number of amides is 1. The van der Waals surface area contributed by atoms with E-state index in [9.17, 15) is 18.0 Å². The number of likely N-dealkylation sites (tertiary alicyclic amines) is 1. The maximum Gasteiger partial charge on any atom is 0.446 e. The summed E-state index contributed by atoms with van der Waals surface area (Å²) < 4.78 is 37.4. The van der Waals surface area contributed by atoms with Crippen molar-refractivity contribution < 1.29 is 18.0 Å². The van der Waals surface area contributed by atoms with Crippen LogP contribution in [0.1, 0.15) is 35.1 Å². The number of nitrogens with zero attached hydrogens (tertiary/aromatic N) is 2. The van der Waals surface area contributed by atoms with Gasteiger partial charge in [0.1, 0.15) is 5.82 Å². The zero-order valence-corrected chi connectivity index (χ0v) is 15.0. The van der Waals surface area contributed by atoms with E-state index in [0.717, 1.165) is 29.7 Å². The Hall–Kier alpha value is -2.48. The molecule has 2 aromatic carbocycles. The number of para-hydroxylation sites is 2. The normalized spacial score (nSPS) is 17.6. The number of hydrogen-bond acceptors (Lipinski definition) is 3. The van der Waals surface area contributed by atoms with Crippen molar-refractivity contribution in [2.24, 2.45) is 0 Å². The fourth-order valence-electron chi connectivity index (χ4n) is 3.39. The number of benzene rings is 2. The summed E-state index contributed by atoms with van der Waals surface area (Å²) in [4.78, 5) is 22.6. The number of carbonyl (C=O) groups is 1. The van der Waals surface area contributed by atoms with Gasteiger partial charge in [0.25, 0.3) is 5.91 Å². The predicted octanol–water partition coefficient (Wildman–Crippen LogP) is 5.15. The number of nitrogens with one attached hydrogen (secondary N) is 1. The van der Waals surface area contributed by atoms with Crippen molar-refractivity contribution >= 4 is 28.7 Å². The maximum absolute atomic E-state index is 12.9. The maximum atomic E-state index is 12.9. The van der Waals surface area contributed by atoms with Gasteiger partial charge >= 0.3 is 5.51 Å². The highest BCUT2D eigenvalue weighted by Crippen LogP contribution is 2.37. The lowest BCUT2D eigenvalue weighted by Gasteiger charge is -2.23. The number of halogens is 3. The minimum atomic E-state index is -4.34. The second-order valence-electron chi connectivity index (χ2n) is 6.37. The lowest BCUT2D eigenvalue weighted by molar-refractivity contribution is -0.0328. The highest BCUT2D eigenvalue weighted by molar-refractivity contribution is 8.00. The summed E-state index contributed by atoms with van der Waals surface area (Å²) in [6.07, 6.45) is 1.66. The highest BCUT2D eigenvalue weighted by Gasteiger charge is 2.33. The molecule has 0 saturated carbocycles. The third-order valence-corrected chi connectivity index (χ3v) is 5.31. The van der Waals surface area contributed by atoms with Gasteiger partial charge in [0.05, 0.1) is 17.1 Å². The average molecular weight is 391 g/mol. The predicted molar refractivity (Wildman–Crippen MR) is 97.5 cm³/mol. The Labute approximate surface area is 157 Å². The van der Waals surface area contributed by atoms with Gasteiger partial charge in [-0.2, -0.15) is 13.2 Å². The van der Waals surface area contributed by atoms with Crippen molar-refractivity contribution in [2.75, 3.05) is 6.54 Å². The Morgan fingerprint density at radius 1 is 1.15 bits per heavy atom. The van der Waals surface area contributed by atoms with Crippen LogP contribution in [0.15, 0.2) is 53.4 Å². The van der Waals surface area contributed by atoms with E-state index in [1.807, 2.05) is 24.3 Å². The number of fused-ring (bicyclic) bond motifs is 1. The van der Waals surface area contributed by atoms with Crippen LogP contribution in [0, 0.1) is 0 Å². The molecule has 3 aromatic rings. The Morgan fingerprint density at radius 2 is 1.89 bits per heavy atom. The van der Waals surface area contributed by atoms with Gasteiger partial charge < -0.3 is 9.88 Å². The first-order valence-corrected chi connectivity index (χ1v) is 9.34. The van der Waals surface area contributed by atoms with Gasteiger partial charge in [-0.1, -0.05) is 12.1 Å². The minimum absolute atomic E-state index is 0.0642. The first-order chi connectivity index (χ1) is 12.9. The van der Waals surface area contributed by atoms with Crippen LogP contribution in [-0.2, 0) is 0 Å². The molecule has 0 spiro atoms. The molecule has 4 rings (SSSR count). The highest BCUT2D eigenvalue weighted by atomic mass is 32.2. The topological polar surface area (TPSA) is 49.0 Å². The Kier molecular flexibility index (Phi) is 4.59. The fourth-order valence-corrected chi connectivity index (χ4v) is 3.93. The van der Waals surface area contributed by atoms with Crippen molar-refractivity contribution in [3.8, 4) is 0 Å². The van der Waals surface area contributed by atoms with Gasteiger partial charge in [-0.05, 0) is 61.0 Å². The van der Waals surface area contributed by atoms with E-state index < -0.39 is 5.51 Å². The number of imidazole rings is 1. The summed E-state index contributed by atoms with van der Waals surface area (Å²) in [7, 11) is 0. The number of H-pyrrole nitrogens is 1. The molecular weight excluding hydrogens is 375 g/mol. The Balaban J connectivity index is 1.55. The molecule has 4 nitrogen and oxygen atoms in total. The summed E-state index contributed by atoms with van der Waals surface area (Å²) in [5, 5.41) is 0. The SMILES string of the molecule is O=C(c1ccc(SC(F)(F)F)cc1)N1CCCC1c1nc2ccccc2[nH]1. The third kappa shape index (κ3) is 3.80. The Bertz CT molecular complexity index is 935. The first-order valence-electron chi connectivity index (χ1n) is 8.52. The van der Waals surface area contributed by atoms with Crippen molar-refractivity contribution in [3.63, 3.8) is 0 Å². The lowest BCUT2D eigenvalue weighted by Crippen LogP contribution is -2.31. The quantitative estimate of drug-likeness (QED) is 0.628. The van der Waals surface area contributed by atoms with E-state index in [4.69, 9.17) is 0 Å². The molecule has 1 aromatic heterocycles. The smallest absolute Gasteiger partial charge is 0.340 e. The van der Waals surface area contributed by atoms with Gasteiger partial charge in [0.2, 0.25) is 0 Å². The lowest BCUT2D eigenvalue weighted by atomic mass is 10.1. The molecule has 8 heteroatoms. The van der Waals surface area contributed by atoms with Gasteiger partial charge in [-0.3, -0.25) is 4.79 Å². The van der Waals surface area contributed by atoms with Crippen molar-refractivity contribution in [1.82, 2.24) is 14.9 Å². The molecule has 0 aliphatic carbocycles. The zero-order chi connectivity index (χ0) is 19.0. The van der Waals surface area contributed by atoms with Gasteiger partial charge in [-0.15, -0.1) is 0 Å². The van der Waals surface area contributed by atoms with E-state index in [0.29, 0.717) is 12.1 Å². The summed E-state index contributed by atoms with van der Waals surface area (Å²) in [6, 6.07) is 13.1. The van der Waals surface area contributed by atoms with E-state index in [-0.39, 0.29) is 28.6 Å². The molecular formula is C19H16F3N3OS. The Morgan fingerprint density at radius 3 is 2.59 bits per heavy atom. The van der Waals surface area contributed by atoms with E-state index in [1.54, 1.807) is 4.90 Å². The molecule has 140 valence electrons. The number of hydrogen-bond donors (Lipinski definition) is 1. The molecule has 1 saturated heterocycles. The third-order valence-electron chi connectivity index (χ3n) is 4.57. The van der Waals surface area contributed by atoms with Crippen molar-refractivity contribution in [3.05, 3.63) is 59.9 Å². The van der Waals surface area contributed by atoms with Gasteiger partial charge in [-0.25, -0.2) is 4.98 Å². The van der Waals surface area contributed by atoms with Crippen LogP contribution in [0.25, 0.3) is 11.0 Å². The van der Waals surface area contributed by atoms with Crippen molar-refractivity contribution in [1.29, 1.82) is 0 Å². The largest absolute Gasteiger partial charge is 0.446 e. The van der Waals surface area contributed by atoms with Crippen LogP contribution >= 0.6 is 11.8 Å². The van der Waals surface area contributed by atoms with Crippen LogP contribution in [0.4, 0.5) is 13.2 Å². The summed E-state index contributed by atoms with van der Waals surface area (Å²) in [5.74, 6) is 0.549. The number of aromatic amines is 1. The second kappa shape index (κ2) is 6.92. The monoisotopic (exact) mass is 391 g/mol. The molecule has 0 radical (unpaired) electrons. The molecule has 27 heavy (non-hydrogen) atoms. The molecule has 1 aliphatic heterocycles. The average Bonchev–Trinajstić information content (AvgIpc) is 3.27. The number of alkyl halides is 3. The molecule has 1 amide bonds. The molecule has 1 fully saturated rings. The van der Waals surface area contributed by atoms with Crippen LogP contribution in [0.2, 0.25) is 0 Å². The fraction of sp³-hybridized carbons (Fsp3) is 0.263. The van der Waals surface area contributed by atoms with E-state index in [2.05, 4.69) is 9.97 Å². The van der Waals surface area contributed by atoms with Crippen LogP contribution in [0.5, 0.6) is 0 Å². The van der Waals surface area contributed by atoms with Crippen molar-refractivity contribution in [2.45, 2.75) is 29.3 Å². The number of aromatic nitrogens is 2. The second-order valence-corrected chi connectivity index (χ2v) is 7.51. The first kappa shape index (κ1) is 17.9. The molecule has 1 unspecified atom stereocenters. The number of rotatable bonds is 3. The van der Waals surface area contributed by atoms with Crippen LogP contribution < -0.4 is 0 Å². The number of carbonyl (C=O) groups excluding carboxylic acids is 1. The van der Waals surface area contributed by atoms with Crippen LogP contribution in [-0.4, -0.2) is 32.8 Å². The molecule has 1 N–H and O–H groups in total. The molecule has 2 heterocycles.